The van der Waals surface area contributed by atoms with E-state index in [9.17, 15) is 9.18 Å². The number of halogens is 1. The molecule has 0 amide bonds. The second-order valence-electron chi connectivity index (χ2n) is 4.56. The average Bonchev–Trinajstić information content (AvgIpc) is 2.94. The number of aromatic nitrogens is 4. The van der Waals surface area contributed by atoms with Crippen molar-refractivity contribution in [3.63, 3.8) is 0 Å². The summed E-state index contributed by atoms with van der Waals surface area (Å²) in [5, 5.41) is 14.3. The molecule has 0 saturated carbocycles. The van der Waals surface area contributed by atoms with Crippen LogP contribution in [0.5, 0.6) is 0 Å². The predicted molar refractivity (Wildman–Crippen MR) is 70.7 cm³/mol. The molecule has 0 radical (unpaired) electrons. The summed E-state index contributed by atoms with van der Waals surface area (Å²) in [6, 6.07) is 5.27. The largest absolute Gasteiger partial charge is 0.466 e. The van der Waals surface area contributed by atoms with Crippen molar-refractivity contribution in [2.45, 2.75) is 13.0 Å². The Morgan fingerprint density at radius 3 is 2.76 bits per heavy atom. The van der Waals surface area contributed by atoms with Crippen molar-refractivity contribution in [3.05, 3.63) is 46.9 Å². The Morgan fingerprint density at radius 1 is 1.38 bits per heavy atom. The van der Waals surface area contributed by atoms with E-state index in [4.69, 9.17) is 4.74 Å². The first kappa shape index (κ1) is 13.2. The third-order valence-corrected chi connectivity index (χ3v) is 3.31. The van der Waals surface area contributed by atoms with Crippen LogP contribution in [-0.2, 0) is 9.53 Å². The van der Waals surface area contributed by atoms with Crippen molar-refractivity contribution in [2.75, 3.05) is 12.4 Å². The number of tetrazole rings is 1. The zero-order valence-corrected chi connectivity index (χ0v) is 11.4. The van der Waals surface area contributed by atoms with Crippen LogP contribution in [0.4, 0.5) is 10.3 Å². The van der Waals surface area contributed by atoms with E-state index >= 15 is 0 Å². The number of carbonyl (C=O) groups is 1. The first-order valence-corrected chi connectivity index (χ1v) is 6.21. The van der Waals surface area contributed by atoms with Gasteiger partial charge < -0.3 is 10.1 Å². The molecule has 0 spiro atoms. The molecular weight excluding hydrogens is 277 g/mol. The molecule has 0 bridgehead atoms. The van der Waals surface area contributed by atoms with Crippen LogP contribution in [0.2, 0.25) is 0 Å². The maximum atomic E-state index is 13.1. The molecule has 1 aromatic heterocycles. The first-order chi connectivity index (χ1) is 10.1. The maximum absolute atomic E-state index is 13.1. The summed E-state index contributed by atoms with van der Waals surface area (Å²) in [6.45, 7) is 1.74. The van der Waals surface area contributed by atoms with E-state index in [0.29, 0.717) is 22.8 Å². The van der Waals surface area contributed by atoms with Crippen LogP contribution in [-0.4, -0.2) is 33.3 Å². The van der Waals surface area contributed by atoms with Crippen LogP contribution in [0.15, 0.2) is 35.5 Å². The number of rotatable bonds is 2. The predicted octanol–water partition coefficient (Wildman–Crippen LogP) is 1.27. The van der Waals surface area contributed by atoms with Gasteiger partial charge in [0.2, 0.25) is 5.95 Å². The van der Waals surface area contributed by atoms with Gasteiger partial charge in [-0.15, -0.1) is 0 Å². The summed E-state index contributed by atoms with van der Waals surface area (Å²) in [5.41, 5.74) is 1.66. The van der Waals surface area contributed by atoms with Crippen LogP contribution in [0.3, 0.4) is 0 Å². The van der Waals surface area contributed by atoms with E-state index in [2.05, 4.69) is 20.8 Å². The summed E-state index contributed by atoms with van der Waals surface area (Å²) in [6.07, 6.45) is 0. The van der Waals surface area contributed by atoms with Crippen molar-refractivity contribution in [2.24, 2.45) is 0 Å². The normalized spacial score (nSPS) is 17.2. The number of hydrogen-bond donors (Lipinski definition) is 1. The Bertz CT molecular complexity index is 722. The quantitative estimate of drug-likeness (QED) is 0.839. The van der Waals surface area contributed by atoms with Crippen molar-refractivity contribution in [1.82, 2.24) is 20.2 Å². The number of nitrogens with one attached hydrogen (secondary N) is 1. The second-order valence-corrected chi connectivity index (χ2v) is 4.56. The fraction of sp³-hybridized carbons (Fsp3) is 0.231. The first-order valence-electron chi connectivity index (χ1n) is 6.21. The number of ether oxygens (including phenoxy) is 1. The molecule has 2 aromatic rings. The number of fused-ring (bicyclic) bond motifs is 1. The molecule has 1 unspecified atom stereocenters. The van der Waals surface area contributed by atoms with Gasteiger partial charge in [-0.3, -0.25) is 0 Å². The van der Waals surface area contributed by atoms with Gasteiger partial charge in [-0.25, -0.2) is 9.18 Å². The summed E-state index contributed by atoms with van der Waals surface area (Å²) in [5.74, 6) is -0.435. The minimum Gasteiger partial charge on any atom is -0.466 e. The summed E-state index contributed by atoms with van der Waals surface area (Å²) >= 11 is 0. The molecule has 2 heterocycles. The van der Waals surface area contributed by atoms with E-state index in [0.717, 1.165) is 0 Å². The van der Waals surface area contributed by atoms with Gasteiger partial charge in [0, 0.05) is 5.70 Å². The molecule has 7 nitrogen and oxygen atoms in total. The highest BCUT2D eigenvalue weighted by Gasteiger charge is 2.34. The van der Waals surface area contributed by atoms with Gasteiger partial charge in [0.15, 0.2) is 0 Å². The molecule has 8 heteroatoms. The van der Waals surface area contributed by atoms with Crippen molar-refractivity contribution in [3.8, 4) is 0 Å². The average molecular weight is 289 g/mol. The highest BCUT2D eigenvalue weighted by molar-refractivity contribution is 5.92. The fourth-order valence-electron chi connectivity index (χ4n) is 2.34. The Balaban J connectivity index is 2.17. The lowest BCUT2D eigenvalue weighted by molar-refractivity contribution is -0.136. The molecule has 1 aliphatic rings. The number of carbonyl (C=O) groups excluding carboxylic acids is 1. The molecule has 3 rings (SSSR count). The molecule has 1 atom stereocenters. The molecule has 1 aliphatic heterocycles. The zero-order chi connectivity index (χ0) is 15.0. The Hall–Kier alpha value is -2.77. The Labute approximate surface area is 119 Å². The van der Waals surface area contributed by atoms with Gasteiger partial charge in [0.1, 0.15) is 11.9 Å². The van der Waals surface area contributed by atoms with Crippen LogP contribution in [0, 0.1) is 5.82 Å². The van der Waals surface area contributed by atoms with Crippen LogP contribution in [0.25, 0.3) is 0 Å². The van der Waals surface area contributed by atoms with E-state index in [-0.39, 0.29) is 5.82 Å². The van der Waals surface area contributed by atoms with Gasteiger partial charge in [-0.05, 0) is 35.0 Å². The number of benzene rings is 1. The zero-order valence-electron chi connectivity index (χ0n) is 11.4. The molecule has 108 valence electrons. The van der Waals surface area contributed by atoms with Crippen LogP contribution < -0.4 is 5.32 Å². The Kier molecular flexibility index (Phi) is 3.13. The lowest BCUT2D eigenvalue weighted by Gasteiger charge is -2.26. The topological polar surface area (TPSA) is 81.9 Å². The van der Waals surface area contributed by atoms with Gasteiger partial charge in [0.05, 0.1) is 12.7 Å². The fourth-order valence-corrected chi connectivity index (χ4v) is 2.34. The second kappa shape index (κ2) is 4.97. The lowest BCUT2D eigenvalue weighted by Crippen LogP contribution is -2.29. The smallest absolute Gasteiger partial charge is 0.338 e. The number of esters is 1. The third kappa shape index (κ3) is 2.14. The van der Waals surface area contributed by atoms with E-state index in [1.807, 2.05) is 0 Å². The van der Waals surface area contributed by atoms with E-state index in [1.165, 1.54) is 23.9 Å². The highest BCUT2D eigenvalue weighted by atomic mass is 19.1. The molecule has 0 saturated heterocycles. The number of hydrogen-bond acceptors (Lipinski definition) is 6. The number of allylic oxidation sites excluding steroid dienone is 1. The molecule has 21 heavy (non-hydrogen) atoms. The van der Waals surface area contributed by atoms with Gasteiger partial charge >= 0.3 is 5.97 Å². The summed E-state index contributed by atoms with van der Waals surface area (Å²) in [4.78, 5) is 12.1. The van der Waals surface area contributed by atoms with E-state index < -0.39 is 12.0 Å². The maximum Gasteiger partial charge on any atom is 0.338 e. The molecule has 0 fully saturated rings. The molecular formula is C13H12FN5O2. The van der Waals surface area contributed by atoms with Gasteiger partial charge in [-0.1, -0.05) is 17.2 Å². The minimum absolute atomic E-state index is 0.357. The SMILES string of the molecule is COC(=O)C1=C(C)Nc2nnnn2C1c1ccc(F)cc1. The van der Waals surface area contributed by atoms with Gasteiger partial charge in [-0.2, -0.15) is 4.68 Å². The summed E-state index contributed by atoms with van der Waals surface area (Å²) < 4.78 is 19.4. The van der Waals surface area contributed by atoms with E-state index in [1.54, 1.807) is 19.1 Å². The lowest BCUT2D eigenvalue weighted by atomic mass is 9.96. The van der Waals surface area contributed by atoms with Crippen molar-refractivity contribution >= 4 is 11.9 Å². The third-order valence-electron chi connectivity index (χ3n) is 3.31. The van der Waals surface area contributed by atoms with Crippen molar-refractivity contribution in [1.29, 1.82) is 0 Å². The number of methoxy groups -OCH3 is 1. The van der Waals surface area contributed by atoms with Crippen LogP contribution in [0.1, 0.15) is 18.5 Å². The number of nitrogens with zero attached hydrogens (tertiary/aromatic N) is 4. The molecule has 0 aliphatic carbocycles. The van der Waals surface area contributed by atoms with Crippen LogP contribution >= 0.6 is 0 Å². The summed E-state index contributed by atoms with van der Waals surface area (Å²) in [7, 11) is 1.31. The Morgan fingerprint density at radius 2 is 2.10 bits per heavy atom. The highest BCUT2D eigenvalue weighted by Crippen LogP contribution is 2.34. The minimum atomic E-state index is -0.565. The molecule has 1 aromatic carbocycles. The number of anilines is 1. The standard InChI is InChI=1S/C13H12FN5O2/c1-7-10(12(20)21-2)11(8-3-5-9(14)6-4-8)19-13(15-7)16-17-18-19/h3-6,11H,1-2H3,(H,15,16,18). The monoisotopic (exact) mass is 289 g/mol. The van der Waals surface area contributed by atoms with Gasteiger partial charge in [0.25, 0.3) is 0 Å². The van der Waals surface area contributed by atoms with Crippen molar-refractivity contribution < 1.29 is 13.9 Å². The molecule has 1 N–H and O–H groups in total.